The maximum Gasteiger partial charge on any atom is 0.217 e. The van der Waals surface area contributed by atoms with Crippen LogP contribution < -0.4 is 11.5 Å². The zero-order valence-electron chi connectivity index (χ0n) is 9.19. The molecule has 0 spiro atoms. The molecule has 17 heavy (non-hydrogen) atoms. The topological polar surface area (TPSA) is 86.9 Å². The maximum atomic E-state index is 10.7. The number of aryl methyl sites for hydroxylation is 1. The number of benzene rings is 1. The van der Waals surface area contributed by atoms with E-state index in [1.165, 1.54) is 0 Å². The molecule has 0 unspecified atom stereocenters. The molecule has 2 rings (SSSR count). The highest BCUT2D eigenvalue weighted by atomic mass is 79.9. The van der Waals surface area contributed by atoms with Crippen molar-refractivity contribution in [2.24, 2.45) is 5.73 Å². The molecule has 1 aromatic heterocycles. The average Bonchev–Trinajstić information content (AvgIpc) is 2.54. The van der Waals surface area contributed by atoms with E-state index in [1.807, 2.05) is 22.8 Å². The quantitative estimate of drug-likeness (QED) is 0.899. The standard InChI is InChI=1S/C11H13BrN4O/c12-7-3-4-9-8(6-7)15-11(14)16(9)5-1-2-10(13)17/h3-4,6H,1-2,5H2,(H2,13,17)(H2,14,15). The summed E-state index contributed by atoms with van der Waals surface area (Å²) >= 11 is 3.39. The summed E-state index contributed by atoms with van der Waals surface area (Å²) in [6.07, 6.45) is 1.02. The van der Waals surface area contributed by atoms with Gasteiger partial charge in [-0.25, -0.2) is 4.98 Å². The Hall–Kier alpha value is -1.56. The summed E-state index contributed by atoms with van der Waals surface area (Å²) in [5.41, 5.74) is 12.8. The Morgan fingerprint density at radius 2 is 2.24 bits per heavy atom. The number of halogens is 1. The zero-order chi connectivity index (χ0) is 12.4. The second kappa shape index (κ2) is 4.75. The van der Waals surface area contributed by atoms with E-state index in [0.29, 0.717) is 25.3 Å². The molecule has 1 heterocycles. The van der Waals surface area contributed by atoms with E-state index in [9.17, 15) is 4.79 Å². The molecular formula is C11H13BrN4O. The molecule has 4 N–H and O–H groups in total. The minimum Gasteiger partial charge on any atom is -0.370 e. The monoisotopic (exact) mass is 296 g/mol. The summed E-state index contributed by atoms with van der Waals surface area (Å²) < 4.78 is 2.86. The van der Waals surface area contributed by atoms with Gasteiger partial charge in [-0.05, 0) is 24.6 Å². The van der Waals surface area contributed by atoms with E-state index >= 15 is 0 Å². The Bertz CT molecular complexity index is 564. The molecule has 0 radical (unpaired) electrons. The number of amides is 1. The van der Waals surface area contributed by atoms with Crippen LogP contribution in [0.25, 0.3) is 11.0 Å². The summed E-state index contributed by atoms with van der Waals surface area (Å²) in [5, 5.41) is 0. The molecule has 0 fully saturated rings. The van der Waals surface area contributed by atoms with Gasteiger partial charge in [-0.1, -0.05) is 15.9 Å². The third-order valence-corrected chi connectivity index (χ3v) is 3.04. The first-order chi connectivity index (χ1) is 8.08. The van der Waals surface area contributed by atoms with Crippen molar-refractivity contribution in [3.8, 4) is 0 Å². The summed E-state index contributed by atoms with van der Waals surface area (Å²) in [4.78, 5) is 14.9. The molecule has 0 saturated heterocycles. The van der Waals surface area contributed by atoms with Crippen LogP contribution in [0, 0.1) is 0 Å². The van der Waals surface area contributed by atoms with Crippen LogP contribution in [0.2, 0.25) is 0 Å². The van der Waals surface area contributed by atoms with Crippen LogP contribution in [0.1, 0.15) is 12.8 Å². The summed E-state index contributed by atoms with van der Waals surface area (Å²) in [6.45, 7) is 0.646. The molecule has 0 aliphatic heterocycles. The number of carbonyl (C=O) groups excluding carboxylic acids is 1. The van der Waals surface area contributed by atoms with Gasteiger partial charge in [0, 0.05) is 17.4 Å². The number of rotatable bonds is 4. The van der Waals surface area contributed by atoms with E-state index in [1.54, 1.807) is 0 Å². The number of aromatic nitrogens is 2. The molecule has 0 aliphatic rings. The van der Waals surface area contributed by atoms with Crippen molar-refractivity contribution in [3.63, 3.8) is 0 Å². The van der Waals surface area contributed by atoms with Gasteiger partial charge in [0.05, 0.1) is 11.0 Å². The first-order valence-corrected chi connectivity index (χ1v) is 6.07. The highest BCUT2D eigenvalue weighted by molar-refractivity contribution is 9.10. The number of imidazole rings is 1. The van der Waals surface area contributed by atoms with Gasteiger partial charge in [0.2, 0.25) is 11.9 Å². The number of anilines is 1. The van der Waals surface area contributed by atoms with Crippen molar-refractivity contribution in [1.29, 1.82) is 0 Å². The third kappa shape index (κ3) is 2.58. The predicted octanol–water partition coefficient (Wildman–Crippen LogP) is 1.65. The number of hydrogen-bond donors (Lipinski definition) is 2. The minimum atomic E-state index is -0.296. The molecule has 90 valence electrons. The molecule has 6 heteroatoms. The maximum absolute atomic E-state index is 10.7. The third-order valence-electron chi connectivity index (χ3n) is 2.54. The van der Waals surface area contributed by atoms with Gasteiger partial charge in [0.25, 0.3) is 0 Å². The molecule has 1 amide bonds. The molecule has 0 bridgehead atoms. The molecule has 1 aromatic carbocycles. The molecule has 0 saturated carbocycles. The second-order valence-corrected chi connectivity index (χ2v) is 4.74. The van der Waals surface area contributed by atoms with E-state index in [-0.39, 0.29) is 5.91 Å². The summed E-state index contributed by atoms with van der Waals surface area (Å²) in [6, 6.07) is 5.80. The van der Waals surface area contributed by atoms with Crippen LogP contribution in [-0.2, 0) is 11.3 Å². The average molecular weight is 297 g/mol. The molecular weight excluding hydrogens is 284 g/mol. The zero-order valence-corrected chi connectivity index (χ0v) is 10.8. The Balaban J connectivity index is 2.27. The summed E-state index contributed by atoms with van der Waals surface area (Å²) in [7, 11) is 0. The SMILES string of the molecule is NC(=O)CCCn1c(N)nc2cc(Br)ccc21. The highest BCUT2D eigenvalue weighted by Gasteiger charge is 2.08. The van der Waals surface area contributed by atoms with Gasteiger partial charge in [-0.3, -0.25) is 4.79 Å². The van der Waals surface area contributed by atoms with E-state index in [4.69, 9.17) is 11.5 Å². The van der Waals surface area contributed by atoms with Crippen molar-refractivity contribution in [3.05, 3.63) is 22.7 Å². The largest absolute Gasteiger partial charge is 0.370 e. The molecule has 0 atom stereocenters. The number of primary amides is 1. The summed E-state index contributed by atoms with van der Waals surface area (Å²) in [5.74, 6) is 0.165. The van der Waals surface area contributed by atoms with Crippen molar-refractivity contribution >= 4 is 38.8 Å². The van der Waals surface area contributed by atoms with Crippen LogP contribution in [0.4, 0.5) is 5.95 Å². The smallest absolute Gasteiger partial charge is 0.217 e. The van der Waals surface area contributed by atoms with E-state index in [2.05, 4.69) is 20.9 Å². The Morgan fingerprint density at radius 3 is 2.94 bits per heavy atom. The van der Waals surface area contributed by atoms with Crippen LogP contribution in [-0.4, -0.2) is 15.5 Å². The second-order valence-electron chi connectivity index (χ2n) is 3.82. The van der Waals surface area contributed by atoms with Gasteiger partial charge >= 0.3 is 0 Å². The fourth-order valence-electron chi connectivity index (χ4n) is 1.77. The van der Waals surface area contributed by atoms with Crippen molar-refractivity contribution in [2.75, 3.05) is 5.73 Å². The normalized spacial score (nSPS) is 10.9. The highest BCUT2D eigenvalue weighted by Crippen LogP contribution is 2.22. The number of hydrogen-bond acceptors (Lipinski definition) is 3. The van der Waals surface area contributed by atoms with E-state index < -0.39 is 0 Å². The number of fused-ring (bicyclic) bond motifs is 1. The fraction of sp³-hybridized carbons (Fsp3) is 0.273. The lowest BCUT2D eigenvalue weighted by atomic mass is 10.3. The lowest BCUT2D eigenvalue weighted by molar-refractivity contribution is -0.118. The number of nitrogens with two attached hydrogens (primary N) is 2. The number of carbonyl (C=O) groups is 1. The van der Waals surface area contributed by atoms with Crippen molar-refractivity contribution < 1.29 is 4.79 Å². The van der Waals surface area contributed by atoms with Gasteiger partial charge in [0.1, 0.15) is 0 Å². The Kier molecular flexibility index (Phi) is 3.33. The Labute approximate surface area is 107 Å². The van der Waals surface area contributed by atoms with Gasteiger partial charge < -0.3 is 16.0 Å². The van der Waals surface area contributed by atoms with Crippen LogP contribution in [0.15, 0.2) is 22.7 Å². The number of nitrogens with zero attached hydrogens (tertiary/aromatic N) is 2. The molecule has 2 aromatic rings. The van der Waals surface area contributed by atoms with E-state index in [0.717, 1.165) is 15.5 Å². The van der Waals surface area contributed by atoms with Crippen LogP contribution >= 0.6 is 15.9 Å². The Morgan fingerprint density at radius 1 is 1.47 bits per heavy atom. The predicted molar refractivity (Wildman–Crippen MR) is 70.3 cm³/mol. The lowest BCUT2D eigenvalue weighted by Gasteiger charge is -2.05. The van der Waals surface area contributed by atoms with Crippen molar-refractivity contribution in [1.82, 2.24) is 9.55 Å². The van der Waals surface area contributed by atoms with Crippen molar-refractivity contribution in [2.45, 2.75) is 19.4 Å². The number of nitrogen functional groups attached to an aromatic ring is 1. The first kappa shape index (κ1) is 11.9. The minimum absolute atomic E-state index is 0.296. The van der Waals surface area contributed by atoms with Crippen LogP contribution in [0.3, 0.4) is 0 Å². The van der Waals surface area contributed by atoms with Gasteiger partial charge in [0.15, 0.2) is 0 Å². The molecule has 0 aliphatic carbocycles. The fourth-order valence-corrected chi connectivity index (χ4v) is 2.12. The van der Waals surface area contributed by atoms with Crippen LogP contribution in [0.5, 0.6) is 0 Å². The first-order valence-electron chi connectivity index (χ1n) is 5.27. The molecule has 5 nitrogen and oxygen atoms in total. The van der Waals surface area contributed by atoms with Gasteiger partial charge in [-0.15, -0.1) is 0 Å². The lowest BCUT2D eigenvalue weighted by Crippen LogP contribution is -2.12. The van der Waals surface area contributed by atoms with Gasteiger partial charge in [-0.2, -0.15) is 0 Å².